The molecule has 0 fully saturated rings. The molecule has 0 unspecified atom stereocenters. The van der Waals surface area contributed by atoms with Crippen LogP contribution < -0.4 is 11.1 Å². The van der Waals surface area contributed by atoms with Gasteiger partial charge in [-0.1, -0.05) is 13.8 Å². The molecule has 0 aliphatic carbocycles. The minimum atomic E-state index is -1.23. The predicted molar refractivity (Wildman–Crippen MR) is 64.5 cm³/mol. The van der Waals surface area contributed by atoms with Crippen LogP contribution in [0.25, 0.3) is 0 Å². The SMILES string of the molecule is CC(C)[C@H](N)C(=O)Nc1c(F)cc(F)cc1[N+](=O)[O-]. The molecule has 0 saturated heterocycles. The van der Waals surface area contributed by atoms with Crippen molar-refractivity contribution in [2.75, 3.05) is 5.32 Å². The molecule has 19 heavy (non-hydrogen) atoms. The van der Waals surface area contributed by atoms with Crippen molar-refractivity contribution in [3.05, 3.63) is 33.9 Å². The Labute approximate surface area is 107 Å². The Morgan fingerprint density at radius 1 is 1.42 bits per heavy atom. The highest BCUT2D eigenvalue weighted by Gasteiger charge is 2.25. The second kappa shape index (κ2) is 5.70. The first-order valence-electron chi connectivity index (χ1n) is 5.44. The lowest BCUT2D eigenvalue weighted by Crippen LogP contribution is -2.40. The Morgan fingerprint density at radius 3 is 2.47 bits per heavy atom. The van der Waals surface area contributed by atoms with Gasteiger partial charge in [0.2, 0.25) is 5.91 Å². The summed E-state index contributed by atoms with van der Waals surface area (Å²) < 4.78 is 26.4. The lowest BCUT2D eigenvalue weighted by atomic mass is 10.0. The molecular formula is C11H13F2N3O3. The van der Waals surface area contributed by atoms with Crippen LogP contribution in [0.3, 0.4) is 0 Å². The zero-order valence-electron chi connectivity index (χ0n) is 10.3. The highest BCUT2D eigenvalue weighted by Crippen LogP contribution is 2.28. The van der Waals surface area contributed by atoms with Gasteiger partial charge in [-0.25, -0.2) is 8.78 Å². The van der Waals surface area contributed by atoms with E-state index in [-0.39, 0.29) is 5.92 Å². The van der Waals surface area contributed by atoms with Crippen LogP contribution in [0.5, 0.6) is 0 Å². The molecule has 1 rings (SSSR count). The van der Waals surface area contributed by atoms with E-state index in [0.717, 1.165) is 0 Å². The molecule has 1 amide bonds. The molecule has 1 atom stereocenters. The van der Waals surface area contributed by atoms with E-state index in [1.165, 1.54) is 0 Å². The molecule has 0 bridgehead atoms. The smallest absolute Gasteiger partial charge is 0.298 e. The van der Waals surface area contributed by atoms with Gasteiger partial charge < -0.3 is 11.1 Å². The summed E-state index contributed by atoms with van der Waals surface area (Å²) in [6.07, 6.45) is 0. The molecule has 1 aromatic carbocycles. The summed E-state index contributed by atoms with van der Waals surface area (Å²) in [5.41, 5.74) is 3.99. The van der Waals surface area contributed by atoms with Crippen LogP contribution in [0.2, 0.25) is 0 Å². The number of carbonyl (C=O) groups is 1. The number of amides is 1. The molecule has 0 heterocycles. The number of nitro benzene ring substituents is 1. The molecule has 0 aliphatic heterocycles. The first-order valence-corrected chi connectivity index (χ1v) is 5.44. The molecule has 3 N–H and O–H groups in total. The standard InChI is InChI=1S/C11H13F2N3O3/c1-5(2)9(14)11(17)15-10-7(13)3-6(12)4-8(10)16(18)19/h3-5,9H,14H2,1-2H3,(H,15,17)/t9-/m0/s1. The molecule has 0 aliphatic rings. The monoisotopic (exact) mass is 273 g/mol. The van der Waals surface area contributed by atoms with Crippen LogP contribution in [0.1, 0.15) is 13.8 Å². The maximum absolute atomic E-state index is 13.5. The van der Waals surface area contributed by atoms with Crippen LogP contribution in [0, 0.1) is 27.7 Å². The summed E-state index contributed by atoms with van der Waals surface area (Å²) >= 11 is 0. The van der Waals surface area contributed by atoms with Crippen molar-refractivity contribution in [2.24, 2.45) is 11.7 Å². The number of nitrogens with one attached hydrogen (secondary N) is 1. The fourth-order valence-electron chi connectivity index (χ4n) is 1.34. The third-order valence-corrected chi connectivity index (χ3v) is 2.50. The molecule has 0 aromatic heterocycles. The quantitative estimate of drug-likeness (QED) is 0.645. The van der Waals surface area contributed by atoms with E-state index in [1.54, 1.807) is 13.8 Å². The number of benzene rings is 1. The van der Waals surface area contributed by atoms with Gasteiger partial charge in [0, 0.05) is 6.07 Å². The third-order valence-electron chi connectivity index (χ3n) is 2.50. The normalized spacial score (nSPS) is 12.3. The highest BCUT2D eigenvalue weighted by molar-refractivity contribution is 5.96. The Balaban J connectivity index is 3.14. The van der Waals surface area contributed by atoms with E-state index < -0.39 is 39.9 Å². The number of rotatable bonds is 4. The van der Waals surface area contributed by atoms with Crippen molar-refractivity contribution in [1.82, 2.24) is 0 Å². The van der Waals surface area contributed by atoms with Crippen molar-refractivity contribution in [2.45, 2.75) is 19.9 Å². The number of nitrogens with zero attached hydrogens (tertiary/aromatic N) is 1. The van der Waals surface area contributed by atoms with Gasteiger partial charge in [-0.3, -0.25) is 14.9 Å². The Bertz CT molecular complexity index is 520. The third kappa shape index (κ3) is 3.44. The van der Waals surface area contributed by atoms with Crippen LogP contribution in [0.15, 0.2) is 12.1 Å². The maximum Gasteiger partial charge on any atom is 0.298 e. The summed E-state index contributed by atoms with van der Waals surface area (Å²) in [5, 5.41) is 12.7. The Hall–Kier alpha value is -2.09. The van der Waals surface area contributed by atoms with Crippen LogP contribution in [0.4, 0.5) is 20.2 Å². The average molecular weight is 273 g/mol. The number of carbonyl (C=O) groups excluding carboxylic acids is 1. The minimum Gasteiger partial charge on any atom is -0.320 e. The van der Waals surface area contributed by atoms with Gasteiger partial charge in [0.1, 0.15) is 5.82 Å². The van der Waals surface area contributed by atoms with E-state index >= 15 is 0 Å². The summed E-state index contributed by atoms with van der Waals surface area (Å²) in [4.78, 5) is 21.4. The summed E-state index contributed by atoms with van der Waals surface area (Å²) in [6.45, 7) is 3.33. The van der Waals surface area contributed by atoms with Gasteiger partial charge >= 0.3 is 0 Å². The van der Waals surface area contributed by atoms with Gasteiger partial charge in [0.15, 0.2) is 11.5 Å². The first-order chi connectivity index (χ1) is 8.73. The lowest BCUT2D eigenvalue weighted by Gasteiger charge is -2.15. The number of nitro groups is 1. The van der Waals surface area contributed by atoms with Gasteiger partial charge in [0.05, 0.1) is 17.0 Å². The summed E-state index contributed by atoms with van der Waals surface area (Å²) in [6, 6.07) is 0.0207. The zero-order chi connectivity index (χ0) is 14.7. The second-order valence-electron chi connectivity index (χ2n) is 4.30. The summed E-state index contributed by atoms with van der Waals surface area (Å²) in [7, 11) is 0. The number of halogens is 2. The molecule has 8 heteroatoms. The van der Waals surface area contributed by atoms with Crippen LogP contribution >= 0.6 is 0 Å². The van der Waals surface area contributed by atoms with Gasteiger partial charge in [-0.15, -0.1) is 0 Å². The van der Waals surface area contributed by atoms with E-state index in [4.69, 9.17) is 5.73 Å². The fourth-order valence-corrected chi connectivity index (χ4v) is 1.34. The molecule has 0 spiro atoms. The largest absolute Gasteiger partial charge is 0.320 e. The lowest BCUT2D eigenvalue weighted by molar-refractivity contribution is -0.384. The number of hydrogen-bond donors (Lipinski definition) is 2. The summed E-state index contributed by atoms with van der Waals surface area (Å²) in [5.74, 6) is -3.34. The zero-order valence-corrected chi connectivity index (χ0v) is 10.3. The van der Waals surface area contributed by atoms with Crippen molar-refractivity contribution in [3.63, 3.8) is 0 Å². The number of nitrogens with two attached hydrogens (primary N) is 1. The fraction of sp³-hybridized carbons (Fsp3) is 0.364. The minimum absolute atomic E-state index is 0.234. The molecule has 104 valence electrons. The first kappa shape index (κ1) is 15.0. The Morgan fingerprint density at radius 2 is 2.00 bits per heavy atom. The van der Waals surface area contributed by atoms with Gasteiger partial charge in [0.25, 0.3) is 5.69 Å². The van der Waals surface area contributed by atoms with E-state index in [1.807, 2.05) is 5.32 Å². The number of anilines is 1. The van der Waals surface area contributed by atoms with E-state index in [9.17, 15) is 23.7 Å². The van der Waals surface area contributed by atoms with Gasteiger partial charge in [-0.2, -0.15) is 0 Å². The molecule has 0 radical (unpaired) electrons. The topological polar surface area (TPSA) is 98.3 Å². The van der Waals surface area contributed by atoms with Gasteiger partial charge in [-0.05, 0) is 5.92 Å². The molecular weight excluding hydrogens is 260 g/mol. The number of hydrogen-bond acceptors (Lipinski definition) is 4. The highest BCUT2D eigenvalue weighted by atomic mass is 19.1. The Kier molecular flexibility index (Phi) is 4.49. The molecule has 0 saturated carbocycles. The van der Waals surface area contributed by atoms with E-state index in [2.05, 4.69) is 0 Å². The van der Waals surface area contributed by atoms with E-state index in [0.29, 0.717) is 12.1 Å². The average Bonchev–Trinajstić information content (AvgIpc) is 2.30. The van der Waals surface area contributed by atoms with Crippen molar-refractivity contribution in [3.8, 4) is 0 Å². The second-order valence-corrected chi connectivity index (χ2v) is 4.30. The predicted octanol–water partition coefficient (Wildman–Crippen LogP) is 1.79. The van der Waals surface area contributed by atoms with Crippen molar-refractivity contribution in [1.29, 1.82) is 0 Å². The van der Waals surface area contributed by atoms with Crippen LogP contribution in [-0.4, -0.2) is 16.9 Å². The van der Waals surface area contributed by atoms with Crippen molar-refractivity contribution < 1.29 is 18.5 Å². The molecule has 1 aromatic rings. The maximum atomic E-state index is 13.5. The van der Waals surface area contributed by atoms with Crippen LogP contribution in [-0.2, 0) is 4.79 Å². The molecule has 6 nitrogen and oxygen atoms in total. The van der Waals surface area contributed by atoms with Crippen molar-refractivity contribution >= 4 is 17.3 Å².